The molecule has 2 atom stereocenters. The summed E-state index contributed by atoms with van der Waals surface area (Å²) in [5, 5.41) is 3.39. The second-order valence-electron chi connectivity index (χ2n) is 5.29. The van der Waals surface area contributed by atoms with E-state index in [1.165, 1.54) is 21.2 Å². The van der Waals surface area contributed by atoms with E-state index in [4.69, 9.17) is 10.6 Å². The first-order chi connectivity index (χ1) is 10.4. The van der Waals surface area contributed by atoms with Crippen LogP contribution in [0.3, 0.4) is 0 Å². The highest BCUT2D eigenvalue weighted by Gasteiger charge is 2.32. The van der Waals surface area contributed by atoms with Gasteiger partial charge in [0, 0.05) is 16.2 Å². The average Bonchev–Trinajstić information content (AvgIpc) is 3.15. The summed E-state index contributed by atoms with van der Waals surface area (Å²) in [6, 6.07) is 16.8. The second-order valence-corrected chi connectivity index (χ2v) is 6.20. The normalized spacial score (nSPS) is 18.4. The third-order valence-corrected chi connectivity index (χ3v) is 5.14. The predicted octanol–water partition coefficient (Wildman–Crippen LogP) is 3.58. The Morgan fingerprint density at radius 1 is 1.14 bits per heavy atom. The van der Waals surface area contributed by atoms with E-state index in [0.29, 0.717) is 6.61 Å². The highest BCUT2D eigenvalue weighted by Crippen LogP contribution is 2.43. The molecule has 1 aliphatic rings. The summed E-state index contributed by atoms with van der Waals surface area (Å²) in [7, 11) is 0. The fraction of sp³-hybridized carbons (Fsp3) is 0.176. The van der Waals surface area contributed by atoms with E-state index in [2.05, 4.69) is 47.2 Å². The molecule has 0 bridgehead atoms. The summed E-state index contributed by atoms with van der Waals surface area (Å²) in [5.41, 5.74) is 5.49. The zero-order chi connectivity index (χ0) is 14.2. The van der Waals surface area contributed by atoms with Crippen molar-refractivity contribution < 1.29 is 4.74 Å². The van der Waals surface area contributed by atoms with Crippen LogP contribution in [-0.2, 0) is 0 Å². The summed E-state index contributed by atoms with van der Waals surface area (Å²) < 4.78 is 7.11. The Balaban J connectivity index is 1.81. The molecule has 1 aromatic heterocycles. The van der Waals surface area contributed by atoms with Gasteiger partial charge in [0.05, 0.1) is 12.6 Å². The lowest BCUT2D eigenvalue weighted by Crippen LogP contribution is -2.33. The molecule has 0 spiro atoms. The van der Waals surface area contributed by atoms with Crippen molar-refractivity contribution in [1.29, 1.82) is 0 Å². The molecule has 3 N–H and O–H groups in total. The molecule has 4 rings (SSSR count). The number of para-hydroxylation sites is 1. The van der Waals surface area contributed by atoms with Crippen LogP contribution in [0, 0.1) is 0 Å². The number of hydrazine groups is 1. The van der Waals surface area contributed by atoms with Crippen LogP contribution in [0.1, 0.15) is 23.1 Å². The Kier molecular flexibility index (Phi) is 3.15. The number of nitrogens with one attached hydrogen (secondary N) is 1. The molecule has 106 valence electrons. The van der Waals surface area contributed by atoms with Gasteiger partial charge in [0.1, 0.15) is 5.75 Å². The third-order valence-electron chi connectivity index (χ3n) is 4.16. The van der Waals surface area contributed by atoms with Gasteiger partial charge in [-0.3, -0.25) is 11.3 Å². The molecule has 0 radical (unpaired) electrons. The summed E-state index contributed by atoms with van der Waals surface area (Å²) in [4.78, 5) is 0. The van der Waals surface area contributed by atoms with Crippen molar-refractivity contribution in [2.75, 3.05) is 6.61 Å². The lowest BCUT2D eigenvalue weighted by atomic mass is 9.88. The molecule has 2 unspecified atom stereocenters. The van der Waals surface area contributed by atoms with Crippen molar-refractivity contribution in [2.24, 2.45) is 5.84 Å². The number of hydrogen-bond acceptors (Lipinski definition) is 4. The average molecular weight is 296 g/mol. The largest absolute Gasteiger partial charge is 0.493 e. The van der Waals surface area contributed by atoms with Crippen molar-refractivity contribution in [3.8, 4) is 5.75 Å². The first kappa shape index (κ1) is 12.8. The number of rotatable bonds is 3. The first-order valence-electron chi connectivity index (χ1n) is 7.02. The van der Waals surface area contributed by atoms with E-state index in [-0.39, 0.29) is 12.0 Å². The van der Waals surface area contributed by atoms with Crippen LogP contribution < -0.4 is 16.0 Å². The molecule has 3 aromatic rings. The maximum Gasteiger partial charge on any atom is 0.122 e. The quantitative estimate of drug-likeness (QED) is 0.573. The molecule has 3 nitrogen and oxygen atoms in total. The lowest BCUT2D eigenvalue weighted by molar-refractivity contribution is 0.301. The van der Waals surface area contributed by atoms with Gasteiger partial charge in [0.15, 0.2) is 0 Å². The van der Waals surface area contributed by atoms with Crippen LogP contribution in [0.25, 0.3) is 10.1 Å². The van der Waals surface area contributed by atoms with Crippen molar-refractivity contribution in [3.63, 3.8) is 0 Å². The highest BCUT2D eigenvalue weighted by molar-refractivity contribution is 7.17. The summed E-state index contributed by atoms with van der Waals surface area (Å²) >= 11 is 1.76. The van der Waals surface area contributed by atoms with Crippen molar-refractivity contribution in [3.05, 3.63) is 65.0 Å². The van der Waals surface area contributed by atoms with Crippen LogP contribution in [0.4, 0.5) is 0 Å². The topological polar surface area (TPSA) is 47.3 Å². The first-order valence-corrected chi connectivity index (χ1v) is 7.90. The predicted molar refractivity (Wildman–Crippen MR) is 86.6 cm³/mol. The Morgan fingerprint density at radius 2 is 2.05 bits per heavy atom. The Hall–Kier alpha value is -1.88. The van der Waals surface area contributed by atoms with E-state index in [1.807, 2.05) is 12.1 Å². The monoisotopic (exact) mass is 296 g/mol. The molecule has 0 aliphatic carbocycles. The number of benzene rings is 2. The molecule has 4 heteroatoms. The van der Waals surface area contributed by atoms with E-state index in [0.717, 1.165) is 5.75 Å². The minimum absolute atomic E-state index is 0.0519. The number of ether oxygens (including phenoxy) is 1. The maximum absolute atomic E-state index is 5.90. The van der Waals surface area contributed by atoms with Crippen LogP contribution in [0.2, 0.25) is 0 Å². The van der Waals surface area contributed by atoms with Gasteiger partial charge in [-0.25, -0.2) is 0 Å². The van der Waals surface area contributed by atoms with Crippen LogP contribution >= 0.6 is 11.3 Å². The van der Waals surface area contributed by atoms with Crippen LogP contribution in [0.5, 0.6) is 5.75 Å². The van der Waals surface area contributed by atoms with Gasteiger partial charge >= 0.3 is 0 Å². The summed E-state index contributed by atoms with van der Waals surface area (Å²) in [5.74, 6) is 7.11. The zero-order valence-electron chi connectivity index (χ0n) is 11.5. The van der Waals surface area contributed by atoms with Crippen molar-refractivity contribution in [2.45, 2.75) is 12.0 Å². The Bertz CT molecular complexity index is 783. The summed E-state index contributed by atoms with van der Waals surface area (Å²) in [6.07, 6.45) is 0. The summed E-state index contributed by atoms with van der Waals surface area (Å²) in [6.45, 7) is 0.663. The van der Waals surface area contributed by atoms with Crippen molar-refractivity contribution in [1.82, 2.24) is 5.43 Å². The van der Waals surface area contributed by atoms with Gasteiger partial charge in [-0.1, -0.05) is 36.4 Å². The van der Waals surface area contributed by atoms with E-state index >= 15 is 0 Å². The van der Waals surface area contributed by atoms with Crippen LogP contribution in [0.15, 0.2) is 53.9 Å². The molecule has 0 fully saturated rings. The minimum Gasteiger partial charge on any atom is -0.493 e. The Labute approximate surface area is 127 Å². The number of hydrogen-bond donors (Lipinski definition) is 2. The van der Waals surface area contributed by atoms with Crippen molar-refractivity contribution >= 4 is 21.4 Å². The van der Waals surface area contributed by atoms with Gasteiger partial charge in [-0.15, -0.1) is 11.3 Å². The molecule has 1 aliphatic heterocycles. The van der Waals surface area contributed by atoms with Crippen LogP contribution in [-0.4, -0.2) is 6.61 Å². The van der Waals surface area contributed by atoms with Gasteiger partial charge in [-0.05, 0) is 28.5 Å². The molecule has 2 heterocycles. The fourth-order valence-corrected chi connectivity index (χ4v) is 4.10. The molecule has 2 aromatic carbocycles. The number of nitrogens with two attached hydrogens (primary N) is 1. The Morgan fingerprint density at radius 3 is 2.95 bits per heavy atom. The number of fused-ring (bicyclic) bond motifs is 2. The molecule has 0 saturated heterocycles. The maximum atomic E-state index is 5.90. The SMILES string of the molecule is NNC(c1cccc2ccsc12)C1COc2ccccc21. The molecule has 21 heavy (non-hydrogen) atoms. The van der Waals surface area contributed by atoms with E-state index in [1.54, 1.807) is 11.3 Å². The zero-order valence-corrected chi connectivity index (χ0v) is 12.3. The molecule has 0 amide bonds. The van der Waals surface area contributed by atoms with Gasteiger partial charge in [0.25, 0.3) is 0 Å². The molecule has 0 saturated carbocycles. The molecular formula is C17H16N2OS. The minimum atomic E-state index is 0.0519. The van der Waals surface area contributed by atoms with Gasteiger partial charge in [-0.2, -0.15) is 0 Å². The highest BCUT2D eigenvalue weighted by atomic mass is 32.1. The van der Waals surface area contributed by atoms with Gasteiger partial charge in [0.2, 0.25) is 0 Å². The standard InChI is InChI=1S/C17H16N2OS/c18-19-16(13-6-3-4-11-8-9-21-17(11)13)14-10-20-15-7-2-1-5-12(14)15/h1-9,14,16,19H,10,18H2. The smallest absolute Gasteiger partial charge is 0.122 e. The lowest BCUT2D eigenvalue weighted by Gasteiger charge is -2.23. The molecular weight excluding hydrogens is 280 g/mol. The van der Waals surface area contributed by atoms with E-state index < -0.39 is 0 Å². The van der Waals surface area contributed by atoms with E-state index in [9.17, 15) is 0 Å². The van der Waals surface area contributed by atoms with Gasteiger partial charge < -0.3 is 4.74 Å². The second kappa shape index (κ2) is 5.15. The third kappa shape index (κ3) is 2.03. The number of thiophene rings is 1. The fourth-order valence-electron chi connectivity index (χ4n) is 3.15.